The molecule has 2 aromatic carbocycles. The molecule has 5 nitrogen and oxygen atoms in total. The molecule has 0 amide bonds. The molecule has 0 unspecified atom stereocenters. The fraction of sp³-hybridized carbons (Fsp3) is 0.238. The van der Waals surface area contributed by atoms with Gasteiger partial charge in [-0.3, -0.25) is 4.99 Å². The summed E-state index contributed by atoms with van der Waals surface area (Å²) in [5.41, 5.74) is -7.19. The Bertz CT molecular complexity index is 1140. The summed E-state index contributed by atoms with van der Waals surface area (Å²) in [6.45, 7) is 0.920. The van der Waals surface area contributed by atoms with Crippen molar-refractivity contribution in [1.29, 1.82) is 0 Å². The van der Waals surface area contributed by atoms with Gasteiger partial charge >= 0.3 is 12.4 Å². The van der Waals surface area contributed by atoms with Crippen LogP contribution in [0.4, 0.5) is 36.6 Å². The Kier molecular flexibility index (Phi) is 6.25. The molecule has 0 saturated carbocycles. The number of para-hydroxylation sites is 1. The number of amidine groups is 1. The first-order valence-corrected chi connectivity index (χ1v) is 9.32. The van der Waals surface area contributed by atoms with Gasteiger partial charge in [-0.2, -0.15) is 31.4 Å². The van der Waals surface area contributed by atoms with E-state index in [2.05, 4.69) is 15.4 Å². The Morgan fingerprint density at radius 2 is 1.48 bits per heavy atom. The highest BCUT2D eigenvalue weighted by molar-refractivity contribution is 6.08. The third kappa shape index (κ3) is 4.30. The van der Waals surface area contributed by atoms with Crippen LogP contribution >= 0.6 is 0 Å². The SMILES string of the molecule is CN=C(Nc1c(C(O)(C(F)(F)F)C(F)(F)F)c(C)nn1-c1ccccc1)c1ccc(F)cc1. The lowest BCUT2D eigenvalue weighted by atomic mass is 9.91. The van der Waals surface area contributed by atoms with E-state index >= 15 is 0 Å². The molecule has 3 rings (SSSR count). The topological polar surface area (TPSA) is 62.4 Å². The van der Waals surface area contributed by atoms with Crippen molar-refractivity contribution in [2.24, 2.45) is 4.99 Å². The molecule has 1 aromatic heterocycles. The van der Waals surface area contributed by atoms with Crippen molar-refractivity contribution >= 4 is 11.7 Å². The molecular formula is C21H17F7N4O. The molecule has 0 fully saturated rings. The molecule has 0 atom stereocenters. The number of anilines is 1. The minimum absolute atomic E-state index is 0.121. The Morgan fingerprint density at radius 1 is 0.939 bits per heavy atom. The molecule has 0 radical (unpaired) electrons. The summed E-state index contributed by atoms with van der Waals surface area (Å²) < 4.78 is 96.5. The van der Waals surface area contributed by atoms with Crippen molar-refractivity contribution in [2.75, 3.05) is 12.4 Å². The van der Waals surface area contributed by atoms with Crippen molar-refractivity contribution < 1.29 is 35.8 Å². The predicted octanol–water partition coefficient (Wildman–Crippen LogP) is 5.12. The zero-order valence-corrected chi connectivity index (χ0v) is 17.1. The van der Waals surface area contributed by atoms with Gasteiger partial charge < -0.3 is 10.4 Å². The second-order valence-corrected chi connectivity index (χ2v) is 6.97. The van der Waals surface area contributed by atoms with E-state index in [4.69, 9.17) is 0 Å². The summed E-state index contributed by atoms with van der Waals surface area (Å²) in [6.07, 6.45) is -12.3. The Hall–Kier alpha value is -3.41. The van der Waals surface area contributed by atoms with Gasteiger partial charge in [-0.1, -0.05) is 18.2 Å². The van der Waals surface area contributed by atoms with Gasteiger partial charge in [-0.25, -0.2) is 9.07 Å². The lowest BCUT2D eigenvalue weighted by Gasteiger charge is -2.33. The molecular weight excluding hydrogens is 457 g/mol. The number of aliphatic imine (C=N–C) groups is 1. The molecule has 176 valence electrons. The van der Waals surface area contributed by atoms with E-state index in [0.29, 0.717) is 0 Å². The van der Waals surface area contributed by atoms with Crippen LogP contribution < -0.4 is 5.32 Å². The Morgan fingerprint density at radius 3 is 1.97 bits per heavy atom. The highest BCUT2D eigenvalue weighted by Gasteiger charge is 2.73. The van der Waals surface area contributed by atoms with E-state index in [1.165, 1.54) is 43.4 Å². The average molecular weight is 474 g/mol. The average Bonchev–Trinajstić information content (AvgIpc) is 3.07. The summed E-state index contributed by atoms with van der Waals surface area (Å²) in [5, 5.41) is 16.4. The van der Waals surface area contributed by atoms with Gasteiger partial charge in [-0.15, -0.1) is 0 Å². The Balaban J connectivity index is 2.31. The quantitative estimate of drug-likeness (QED) is 0.314. The van der Waals surface area contributed by atoms with Gasteiger partial charge in [0.1, 0.15) is 17.5 Å². The van der Waals surface area contributed by atoms with Gasteiger partial charge in [0.2, 0.25) is 0 Å². The second kappa shape index (κ2) is 8.50. The number of aromatic nitrogens is 2. The zero-order valence-electron chi connectivity index (χ0n) is 17.1. The molecule has 2 N–H and O–H groups in total. The third-order valence-corrected chi connectivity index (χ3v) is 4.82. The van der Waals surface area contributed by atoms with E-state index in [1.807, 2.05) is 0 Å². The van der Waals surface area contributed by atoms with Gasteiger partial charge in [0.05, 0.1) is 16.9 Å². The van der Waals surface area contributed by atoms with Gasteiger partial charge in [0, 0.05) is 12.6 Å². The number of benzene rings is 2. The maximum absolute atomic E-state index is 13.7. The largest absolute Gasteiger partial charge is 0.430 e. The normalized spacial score (nSPS) is 13.3. The minimum Gasteiger partial charge on any atom is -0.369 e. The van der Waals surface area contributed by atoms with Gasteiger partial charge in [-0.05, 0) is 43.3 Å². The van der Waals surface area contributed by atoms with E-state index in [1.54, 1.807) is 6.07 Å². The lowest BCUT2D eigenvalue weighted by Crippen LogP contribution is -2.54. The van der Waals surface area contributed by atoms with Crippen LogP contribution in [-0.4, -0.2) is 40.1 Å². The number of halogens is 7. The molecule has 1 heterocycles. The standard InChI is InChI=1S/C21H17F7N4O/c1-12-16(19(33,20(23,24)25)21(26,27)28)18(32(31-12)15-6-4-3-5-7-15)30-17(29-2)13-8-10-14(22)11-9-13/h3-11,33H,1-2H3,(H,29,30). The number of nitrogens with zero attached hydrogens (tertiary/aromatic N) is 3. The molecule has 0 spiro atoms. The van der Waals surface area contributed by atoms with Crippen molar-refractivity contribution in [2.45, 2.75) is 24.9 Å². The minimum atomic E-state index is -6.13. The van der Waals surface area contributed by atoms with Gasteiger partial charge in [0.25, 0.3) is 5.60 Å². The number of nitrogens with one attached hydrogen (secondary N) is 1. The maximum atomic E-state index is 13.7. The maximum Gasteiger partial charge on any atom is 0.430 e. The number of rotatable bonds is 4. The molecule has 0 aliphatic rings. The zero-order chi connectivity index (χ0) is 24.6. The monoisotopic (exact) mass is 474 g/mol. The van der Waals surface area contributed by atoms with Crippen LogP contribution in [0.5, 0.6) is 0 Å². The summed E-state index contributed by atoms with van der Waals surface area (Å²) in [7, 11) is 1.24. The summed E-state index contributed by atoms with van der Waals surface area (Å²) in [4.78, 5) is 3.87. The van der Waals surface area contributed by atoms with E-state index in [-0.39, 0.29) is 17.1 Å². The van der Waals surface area contributed by atoms with Crippen LogP contribution in [0.25, 0.3) is 5.69 Å². The molecule has 0 saturated heterocycles. The van der Waals surface area contributed by atoms with Crippen LogP contribution in [0.15, 0.2) is 59.6 Å². The summed E-state index contributed by atoms with van der Waals surface area (Å²) in [5.74, 6) is -1.59. The first-order chi connectivity index (χ1) is 15.3. The highest BCUT2D eigenvalue weighted by Crippen LogP contribution is 2.53. The molecule has 33 heavy (non-hydrogen) atoms. The summed E-state index contributed by atoms with van der Waals surface area (Å²) >= 11 is 0. The molecule has 0 aliphatic carbocycles. The summed E-state index contributed by atoms with van der Waals surface area (Å²) in [6, 6.07) is 12.0. The van der Waals surface area contributed by atoms with Crippen molar-refractivity contribution in [1.82, 2.24) is 9.78 Å². The first kappa shape index (κ1) is 24.2. The second-order valence-electron chi connectivity index (χ2n) is 6.97. The fourth-order valence-electron chi connectivity index (χ4n) is 3.25. The fourth-order valence-corrected chi connectivity index (χ4v) is 3.25. The first-order valence-electron chi connectivity index (χ1n) is 9.32. The van der Waals surface area contributed by atoms with Crippen molar-refractivity contribution in [3.05, 3.63) is 77.2 Å². The van der Waals surface area contributed by atoms with Crippen LogP contribution in [0.1, 0.15) is 16.8 Å². The van der Waals surface area contributed by atoms with E-state index in [0.717, 1.165) is 23.7 Å². The smallest absolute Gasteiger partial charge is 0.369 e. The molecule has 12 heteroatoms. The number of alkyl halides is 6. The number of hydrogen-bond acceptors (Lipinski definition) is 3. The molecule has 0 bridgehead atoms. The van der Waals surface area contributed by atoms with Gasteiger partial charge in [0.15, 0.2) is 0 Å². The molecule has 3 aromatic rings. The number of hydrogen-bond donors (Lipinski definition) is 2. The lowest BCUT2D eigenvalue weighted by molar-refractivity contribution is -0.376. The molecule has 0 aliphatic heterocycles. The predicted molar refractivity (Wildman–Crippen MR) is 107 cm³/mol. The van der Waals surface area contributed by atoms with E-state index in [9.17, 15) is 35.8 Å². The van der Waals surface area contributed by atoms with Crippen LogP contribution in [0.2, 0.25) is 0 Å². The third-order valence-electron chi connectivity index (χ3n) is 4.82. The van der Waals surface area contributed by atoms with Crippen LogP contribution in [-0.2, 0) is 5.60 Å². The van der Waals surface area contributed by atoms with Crippen molar-refractivity contribution in [3.8, 4) is 5.69 Å². The highest BCUT2D eigenvalue weighted by atomic mass is 19.4. The van der Waals surface area contributed by atoms with E-state index < -0.39 is 40.8 Å². The van der Waals surface area contributed by atoms with Crippen LogP contribution in [0.3, 0.4) is 0 Å². The van der Waals surface area contributed by atoms with Crippen LogP contribution in [0, 0.1) is 12.7 Å². The van der Waals surface area contributed by atoms with Crippen molar-refractivity contribution in [3.63, 3.8) is 0 Å². The Labute approximate surface area is 183 Å². The number of aliphatic hydroxyl groups is 1. The number of aryl methyl sites for hydroxylation is 1.